The van der Waals surface area contributed by atoms with Crippen LogP contribution in [0.4, 0.5) is 0 Å². The molecule has 1 aliphatic rings. The number of ketones is 1. The van der Waals surface area contributed by atoms with Gasteiger partial charge in [-0.2, -0.15) is 0 Å². The molecule has 0 saturated carbocycles. The Bertz CT molecular complexity index is 955. The number of benzene rings is 2. The van der Waals surface area contributed by atoms with Gasteiger partial charge in [0.2, 0.25) is 11.8 Å². The first-order valence-corrected chi connectivity index (χ1v) is 9.65. The number of rotatable bonds is 7. The topological polar surface area (TPSA) is 95.0 Å². The third kappa shape index (κ3) is 4.80. The maximum absolute atomic E-state index is 12.4. The molecule has 2 amide bonds. The molecule has 7 heteroatoms. The number of carboxylic acid groups (broad SMARTS) is 1. The lowest BCUT2D eigenvalue weighted by molar-refractivity contribution is -0.153. The van der Waals surface area contributed by atoms with Crippen molar-refractivity contribution >= 4 is 34.3 Å². The molecule has 1 N–H and O–H groups in total. The molecule has 0 aromatic heterocycles. The molecule has 1 heterocycles. The molecule has 1 fully saturated rings. The van der Waals surface area contributed by atoms with E-state index >= 15 is 0 Å². The summed E-state index contributed by atoms with van der Waals surface area (Å²) in [5.41, 5.74) is 0.998. The number of fused-ring (bicyclic) bond motifs is 1. The molecule has 1 atom stereocenters. The van der Waals surface area contributed by atoms with Crippen molar-refractivity contribution in [3.05, 3.63) is 48.0 Å². The fraction of sp³-hybridized carbons (Fsp3) is 0.364. The summed E-state index contributed by atoms with van der Waals surface area (Å²) < 4.78 is 0. The normalized spacial score (nSPS) is 16.0. The van der Waals surface area contributed by atoms with E-state index in [1.54, 1.807) is 11.9 Å². The van der Waals surface area contributed by atoms with E-state index in [9.17, 15) is 19.2 Å². The Labute approximate surface area is 168 Å². The molecule has 0 bridgehead atoms. The maximum atomic E-state index is 12.4. The summed E-state index contributed by atoms with van der Waals surface area (Å²) in [4.78, 5) is 50.4. The second-order valence-electron chi connectivity index (χ2n) is 7.35. The zero-order valence-corrected chi connectivity index (χ0v) is 16.3. The number of Topliss-reactive ketones (excluding diaryl/α,β-unsaturated/α-hetero) is 1. The van der Waals surface area contributed by atoms with Gasteiger partial charge < -0.3 is 14.9 Å². The van der Waals surface area contributed by atoms with Crippen molar-refractivity contribution < 1.29 is 24.3 Å². The molecule has 0 radical (unpaired) electrons. The van der Waals surface area contributed by atoms with Gasteiger partial charge in [0, 0.05) is 33.0 Å². The van der Waals surface area contributed by atoms with Crippen LogP contribution >= 0.6 is 0 Å². The van der Waals surface area contributed by atoms with Gasteiger partial charge in [-0.1, -0.05) is 36.4 Å². The fourth-order valence-corrected chi connectivity index (χ4v) is 3.73. The molecule has 7 nitrogen and oxygen atoms in total. The van der Waals surface area contributed by atoms with Crippen molar-refractivity contribution in [2.75, 3.05) is 13.6 Å². The minimum absolute atomic E-state index is 0.0212. The summed E-state index contributed by atoms with van der Waals surface area (Å²) in [6.45, 7) is 0.783. The summed E-state index contributed by atoms with van der Waals surface area (Å²) >= 11 is 0. The summed E-state index contributed by atoms with van der Waals surface area (Å²) in [7, 11) is 1.69. The molecule has 2 aromatic carbocycles. The molecule has 1 aliphatic heterocycles. The van der Waals surface area contributed by atoms with Gasteiger partial charge in [0.25, 0.3) is 5.78 Å². The minimum Gasteiger partial charge on any atom is -0.475 e. The lowest BCUT2D eigenvalue weighted by atomic mass is 10.1. The van der Waals surface area contributed by atoms with E-state index in [4.69, 9.17) is 5.11 Å². The van der Waals surface area contributed by atoms with Crippen LogP contribution in [-0.2, 0) is 25.7 Å². The van der Waals surface area contributed by atoms with Gasteiger partial charge >= 0.3 is 5.97 Å². The van der Waals surface area contributed by atoms with E-state index in [0.717, 1.165) is 16.3 Å². The first kappa shape index (κ1) is 20.5. The quantitative estimate of drug-likeness (QED) is 0.724. The Morgan fingerprint density at radius 2 is 1.79 bits per heavy atom. The number of carbonyl (C=O) groups excluding carboxylic acids is 3. The van der Waals surface area contributed by atoms with Crippen LogP contribution in [0.3, 0.4) is 0 Å². The molecular formula is C22H24N2O5. The van der Waals surface area contributed by atoms with Crippen LogP contribution in [0.25, 0.3) is 10.8 Å². The Morgan fingerprint density at radius 1 is 1.07 bits per heavy atom. The minimum atomic E-state index is -1.53. The number of amides is 2. The summed E-state index contributed by atoms with van der Waals surface area (Å²) in [6, 6.07) is 13.1. The number of nitrogens with zero attached hydrogens (tertiary/aromatic N) is 2. The monoisotopic (exact) mass is 396 g/mol. The summed E-state index contributed by atoms with van der Waals surface area (Å²) in [5, 5.41) is 11.1. The number of hydrogen-bond donors (Lipinski definition) is 1. The zero-order valence-electron chi connectivity index (χ0n) is 16.3. The van der Waals surface area contributed by atoms with Gasteiger partial charge in [0.05, 0.1) is 0 Å². The van der Waals surface area contributed by atoms with Crippen LogP contribution in [0.2, 0.25) is 0 Å². The molecule has 0 unspecified atom stereocenters. The molecule has 29 heavy (non-hydrogen) atoms. The Morgan fingerprint density at radius 3 is 2.52 bits per heavy atom. The van der Waals surface area contributed by atoms with Gasteiger partial charge in [-0.25, -0.2) is 4.79 Å². The van der Waals surface area contributed by atoms with Crippen LogP contribution in [0, 0.1) is 0 Å². The highest BCUT2D eigenvalue weighted by Gasteiger charge is 2.37. The lowest BCUT2D eigenvalue weighted by Gasteiger charge is -2.23. The molecule has 152 valence electrons. The predicted octanol–water partition coefficient (Wildman–Crippen LogP) is 2.22. The summed E-state index contributed by atoms with van der Waals surface area (Å²) in [5.74, 6) is -3.02. The van der Waals surface area contributed by atoms with E-state index in [2.05, 4.69) is 0 Å². The van der Waals surface area contributed by atoms with Crippen molar-refractivity contribution in [2.24, 2.45) is 0 Å². The van der Waals surface area contributed by atoms with Crippen molar-refractivity contribution in [2.45, 2.75) is 38.3 Å². The van der Waals surface area contributed by atoms with Gasteiger partial charge in [0.1, 0.15) is 6.04 Å². The summed E-state index contributed by atoms with van der Waals surface area (Å²) in [6.07, 6.45) is 0.926. The van der Waals surface area contributed by atoms with E-state index in [-0.39, 0.29) is 24.7 Å². The van der Waals surface area contributed by atoms with E-state index < -0.39 is 17.8 Å². The first-order chi connectivity index (χ1) is 13.9. The molecule has 2 aromatic rings. The molecular weight excluding hydrogens is 372 g/mol. The Balaban J connectivity index is 1.54. The molecule has 1 saturated heterocycles. The molecule has 3 rings (SSSR count). The third-order valence-corrected chi connectivity index (χ3v) is 5.30. The third-order valence-electron chi connectivity index (χ3n) is 5.30. The average molecular weight is 396 g/mol. The number of likely N-dealkylation sites (tertiary alicyclic amines) is 1. The second kappa shape index (κ2) is 8.86. The Kier molecular flexibility index (Phi) is 6.26. The van der Waals surface area contributed by atoms with Crippen LogP contribution in [0.15, 0.2) is 42.5 Å². The number of aliphatic carboxylic acids is 1. The number of hydrogen-bond acceptors (Lipinski definition) is 4. The Hall–Kier alpha value is -3.22. The van der Waals surface area contributed by atoms with Crippen LogP contribution in [0.1, 0.15) is 31.2 Å². The highest BCUT2D eigenvalue weighted by molar-refractivity contribution is 6.35. The van der Waals surface area contributed by atoms with Gasteiger partial charge in [-0.05, 0) is 35.2 Å². The maximum Gasteiger partial charge on any atom is 0.374 e. The van der Waals surface area contributed by atoms with Crippen molar-refractivity contribution in [3.8, 4) is 0 Å². The molecule has 0 aliphatic carbocycles. The average Bonchev–Trinajstić information content (AvgIpc) is 3.20. The number of carbonyl (C=O) groups is 4. The second-order valence-corrected chi connectivity index (χ2v) is 7.35. The van der Waals surface area contributed by atoms with Crippen LogP contribution < -0.4 is 0 Å². The van der Waals surface area contributed by atoms with Crippen LogP contribution in [0.5, 0.6) is 0 Å². The molecule has 0 spiro atoms. The van der Waals surface area contributed by atoms with Crippen molar-refractivity contribution in [3.63, 3.8) is 0 Å². The van der Waals surface area contributed by atoms with Gasteiger partial charge in [-0.15, -0.1) is 0 Å². The standard InChI is InChI=1S/C22H24N2O5/c1-23(14-15-8-9-16-5-2-3-6-17(16)13-15)19(25)10-11-20(26)24-12-4-7-18(24)21(27)22(28)29/h2-3,5-6,8-9,13,18H,4,7,10-12,14H2,1H3,(H,28,29)/t18-/m0/s1. The highest BCUT2D eigenvalue weighted by Crippen LogP contribution is 2.20. The van der Waals surface area contributed by atoms with Crippen molar-refractivity contribution in [1.82, 2.24) is 9.80 Å². The van der Waals surface area contributed by atoms with Gasteiger partial charge in [-0.3, -0.25) is 14.4 Å². The highest BCUT2D eigenvalue weighted by atomic mass is 16.4. The largest absolute Gasteiger partial charge is 0.475 e. The van der Waals surface area contributed by atoms with Gasteiger partial charge in [0.15, 0.2) is 0 Å². The SMILES string of the molecule is CN(Cc1ccc2ccccc2c1)C(=O)CCC(=O)N1CCC[C@H]1C(=O)C(=O)O. The lowest BCUT2D eigenvalue weighted by Crippen LogP contribution is -2.43. The first-order valence-electron chi connectivity index (χ1n) is 9.65. The predicted molar refractivity (Wildman–Crippen MR) is 107 cm³/mol. The van der Waals surface area contributed by atoms with E-state index in [1.807, 2.05) is 42.5 Å². The van der Waals surface area contributed by atoms with Crippen molar-refractivity contribution in [1.29, 1.82) is 0 Å². The van der Waals surface area contributed by atoms with E-state index in [1.165, 1.54) is 4.90 Å². The van der Waals surface area contributed by atoms with Crippen LogP contribution in [-0.4, -0.2) is 58.1 Å². The number of carboxylic acids is 1. The smallest absolute Gasteiger partial charge is 0.374 e. The zero-order chi connectivity index (χ0) is 21.0. The fourth-order valence-electron chi connectivity index (χ4n) is 3.73. The van der Waals surface area contributed by atoms with E-state index in [0.29, 0.717) is 25.9 Å².